The number of hydrogen-bond donors (Lipinski definition) is 0. The van der Waals surface area contributed by atoms with Crippen molar-refractivity contribution in [1.82, 2.24) is 9.13 Å². The van der Waals surface area contributed by atoms with Crippen LogP contribution >= 0.6 is 0 Å². The highest BCUT2D eigenvalue weighted by molar-refractivity contribution is 5.68. The van der Waals surface area contributed by atoms with E-state index in [1.54, 1.807) is 11.1 Å². The summed E-state index contributed by atoms with van der Waals surface area (Å²) in [5.74, 6) is 8.94. The van der Waals surface area contributed by atoms with Crippen molar-refractivity contribution in [2.24, 2.45) is 35.5 Å². The quantitative estimate of drug-likeness (QED) is 0.166. The first-order valence-corrected chi connectivity index (χ1v) is 25.8. The van der Waals surface area contributed by atoms with Crippen molar-refractivity contribution in [3.8, 4) is 45.8 Å². The number of aromatic nitrogens is 4. The molecule has 0 spiro atoms. The van der Waals surface area contributed by atoms with E-state index in [-0.39, 0.29) is 24.2 Å². The Hall–Kier alpha value is -5.50. The van der Waals surface area contributed by atoms with E-state index < -0.39 is 0 Å². The van der Waals surface area contributed by atoms with Crippen LogP contribution in [0, 0.1) is 35.5 Å². The van der Waals surface area contributed by atoms with Gasteiger partial charge in [0.15, 0.2) is 24.2 Å². The molecular formula is C58H58N4O4+2. The van der Waals surface area contributed by atoms with Crippen molar-refractivity contribution in [3.63, 3.8) is 0 Å². The maximum Gasteiger partial charge on any atom is 0.373 e. The molecule has 0 N–H and O–H groups in total. The van der Waals surface area contributed by atoms with Crippen molar-refractivity contribution in [2.45, 2.75) is 112 Å². The highest BCUT2D eigenvalue weighted by atomic mass is 16.6. The van der Waals surface area contributed by atoms with E-state index in [9.17, 15) is 0 Å². The lowest BCUT2D eigenvalue weighted by molar-refractivity contribution is -0.697. The van der Waals surface area contributed by atoms with Gasteiger partial charge in [0.05, 0.1) is 0 Å². The Labute approximate surface area is 386 Å². The Bertz CT molecular complexity index is 2670. The van der Waals surface area contributed by atoms with Crippen LogP contribution in [0.25, 0.3) is 22.3 Å². The SMILES string of the molecule is c1cc(C23CC4CC(CC(C4)C2)C3)ccc1-c1cc2cc(c1)C1COc3c4[n+](cn31)C(CO4)c1cc(-c3ccc(C45CC6CC(CC(C6)C4)C5)cc3)cc(c1)C1COc3c4n(c[n+]31)C2CO4. The second-order valence-electron chi connectivity index (χ2n) is 23.7. The molecule has 0 radical (unpaired) electrons. The Morgan fingerprint density at radius 1 is 0.394 bits per heavy atom. The number of rotatable bonds is 4. The van der Waals surface area contributed by atoms with Crippen LogP contribution < -0.4 is 28.1 Å². The summed E-state index contributed by atoms with van der Waals surface area (Å²) in [5, 5.41) is 0. The first-order valence-electron chi connectivity index (χ1n) is 25.8. The summed E-state index contributed by atoms with van der Waals surface area (Å²) in [6.07, 6.45) is 21.7. The molecule has 0 saturated heterocycles. The molecule has 8 heteroatoms. The molecule has 16 bridgehead atoms. The minimum absolute atomic E-state index is 0.00758. The van der Waals surface area contributed by atoms with Crippen LogP contribution in [0.2, 0.25) is 0 Å². The van der Waals surface area contributed by atoms with E-state index in [0.29, 0.717) is 37.3 Å². The molecule has 8 saturated carbocycles. The number of imidazole rings is 2. The van der Waals surface area contributed by atoms with Gasteiger partial charge in [0.25, 0.3) is 12.7 Å². The summed E-state index contributed by atoms with van der Waals surface area (Å²) in [6.45, 7) is 2.28. The summed E-state index contributed by atoms with van der Waals surface area (Å²) >= 11 is 0. The van der Waals surface area contributed by atoms with E-state index in [0.717, 1.165) is 59.0 Å². The molecule has 13 aliphatic rings. The molecule has 6 aromatic rings. The lowest BCUT2D eigenvalue weighted by atomic mass is 9.48. The summed E-state index contributed by atoms with van der Waals surface area (Å²) < 4.78 is 36.0. The molecule has 332 valence electrons. The maximum atomic E-state index is 6.65. The van der Waals surface area contributed by atoms with Crippen LogP contribution in [0.15, 0.2) is 97.6 Å². The molecule has 8 aliphatic carbocycles. The summed E-state index contributed by atoms with van der Waals surface area (Å²) in [6, 6.07) is 34.2. The smallest absolute Gasteiger partial charge is 0.373 e. The number of benzene rings is 4. The van der Waals surface area contributed by atoms with Gasteiger partial charge in [-0.05, 0) is 193 Å². The second-order valence-corrected chi connectivity index (χ2v) is 23.7. The fourth-order valence-corrected chi connectivity index (χ4v) is 17.7. The minimum atomic E-state index is 0.00758. The number of hydrogen-bond acceptors (Lipinski definition) is 4. The fraction of sp³-hybridized carbons (Fsp3) is 0.483. The molecule has 66 heavy (non-hydrogen) atoms. The van der Waals surface area contributed by atoms with Gasteiger partial charge in [-0.25, -0.2) is 0 Å². The first kappa shape index (κ1) is 36.6. The monoisotopic (exact) mass is 874 g/mol. The molecule has 19 rings (SSSR count). The summed E-state index contributed by atoms with van der Waals surface area (Å²) in [5.41, 5.74) is 14.0. The summed E-state index contributed by atoms with van der Waals surface area (Å²) in [7, 11) is 0. The molecule has 4 atom stereocenters. The van der Waals surface area contributed by atoms with Crippen LogP contribution in [-0.2, 0) is 10.8 Å². The average molecular weight is 875 g/mol. The van der Waals surface area contributed by atoms with Crippen molar-refractivity contribution in [1.29, 1.82) is 0 Å². The Balaban J connectivity index is 0.778. The van der Waals surface area contributed by atoms with Crippen LogP contribution in [0.3, 0.4) is 0 Å². The molecule has 4 aromatic carbocycles. The zero-order chi connectivity index (χ0) is 42.6. The lowest BCUT2D eigenvalue weighted by Gasteiger charge is -2.57. The highest BCUT2D eigenvalue weighted by Crippen LogP contribution is 2.62. The molecule has 8 fully saturated rings. The van der Waals surface area contributed by atoms with E-state index in [1.165, 1.54) is 122 Å². The number of nitrogens with zero attached hydrogens (tertiary/aromatic N) is 4. The van der Waals surface area contributed by atoms with Crippen LogP contribution in [-0.4, -0.2) is 35.6 Å². The third kappa shape index (κ3) is 5.01. The summed E-state index contributed by atoms with van der Waals surface area (Å²) in [4.78, 5) is 0. The zero-order valence-electron chi connectivity index (χ0n) is 37.7. The molecule has 8 nitrogen and oxygen atoms in total. The van der Waals surface area contributed by atoms with Gasteiger partial charge < -0.3 is 18.9 Å². The van der Waals surface area contributed by atoms with Gasteiger partial charge in [0, 0.05) is 22.3 Å². The van der Waals surface area contributed by atoms with Crippen LogP contribution in [0.5, 0.6) is 23.5 Å². The zero-order valence-corrected chi connectivity index (χ0v) is 37.7. The topological polar surface area (TPSA) is 54.5 Å². The van der Waals surface area contributed by atoms with Crippen LogP contribution in [0.4, 0.5) is 0 Å². The Kier molecular flexibility index (Phi) is 7.06. The van der Waals surface area contributed by atoms with Gasteiger partial charge in [-0.15, -0.1) is 0 Å². The van der Waals surface area contributed by atoms with E-state index >= 15 is 0 Å². The maximum absolute atomic E-state index is 6.65. The van der Waals surface area contributed by atoms with Gasteiger partial charge in [-0.3, -0.25) is 0 Å². The third-order valence-corrected chi connectivity index (χ3v) is 19.9. The van der Waals surface area contributed by atoms with Crippen molar-refractivity contribution in [2.75, 3.05) is 26.4 Å². The predicted molar refractivity (Wildman–Crippen MR) is 247 cm³/mol. The van der Waals surface area contributed by atoms with Gasteiger partial charge >= 0.3 is 23.5 Å². The molecule has 4 unspecified atom stereocenters. The normalized spacial score (nSPS) is 35.8. The Morgan fingerprint density at radius 3 is 1.15 bits per heavy atom. The number of ether oxygens (including phenoxy) is 4. The second kappa shape index (κ2) is 12.7. The molecular weight excluding hydrogens is 817 g/mol. The van der Waals surface area contributed by atoms with E-state index in [2.05, 4.69) is 116 Å². The van der Waals surface area contributed by atoms with E-state index in [1.807, 2.05) is 0 Å². The third-order valence-electron chi connectivity index (χ3n) is 19.9. The van der Waals surface area contributed by atoms with Crippen molar-refractivity contribution < 1.29 is 28.1 Å². The van der Waals surface area contributed by atoms with Crippen molar-refractivity contribution >= 4 is 0 Å². The molecule has 0 amide bonds. The Morgan fingerprint density at radius 2 is 0.758 bits per heavy atom. The molecule has 5 aliphatic heterocycles. The largest absolute Gasteiger partial charge is 0.452 e. The fourth-order valence-electron chi connectivity index (χ4n) is 17.7. The van der Waals surface area contributed by atoms with Gasteiger partial charge in [0.1, 0.15) is 26.4 Å². The predicted octanol–water partition coefficient (Wildman–Crippen LogP) is 10.4. The molecule has 7 heterocycles. The first-order chi connectivity index (χ1) is 32.4. The average Bonchev–Trinajstić information content (AvgIpc) is 4.18. The van der Waals surface area contributed by atoms with Gasteiger partial charge in [-0.2, -0.15) is 18.3 Å². The number of fused-ring (bicyclic) bond motifs is 10. The lowest BCUT2D eigenvalue weighted by Crippen LogP contribution is -2.48. The standard InChI is InChI=1S/C58H58N4O4/c1-5-47(57-21-33-9-34(22-57)11-35(10-33)23-57)6-2-39(1)41-15-43-19-44(16-41)50-28-64-54-56-62(32-60(50)54)52(30-66-56)46-18-42(17-45(20-46)51-29-65-55-53-59(31-61(51)55)49(43)27-63-53)40-3-7-48(8-4-40)58-24-36-12-37(25-58)14-38(13-36)26-58/h1-8,15-20,31-38,49-52H,9-14,21-30H2/q+2. The minimum Gasteiger partial charge on any atom is -0.452 e. The molecule has 2 aromatic heterocycles. The van der Waals surface area contributed by atoms with Crippen molar-refractivity contribution in [3.05, 3.63) is 131 Å². The van der Waals surface area contributed by atoms with Gasteiger partial charge in [-0.1, -0.05) is 48.5 Å². The highest BCUT2D eigenvalue weighted by Gasteiger charge is 2.54. The van der Waals surface area contributed by atoms with E-state index in [4.69, 9.17) is 18.9 Å². The van der Waals surface area contributed by atoms with Gasteiger partial charge in [0.2, 0.25) is 0 Å². The van der Waals surface area contributed by atoms with Crippen LogP contribution in [0.1, 0.15) is 135 Å².